The zero-order chi connectivity index (χ0) is 22.0. The Morgan fingerprint density at radius 3 is 2.68 bits per heavy atom. The fraction of sp³-hybridized carbons (Fsp3) is 0.333. The number of aryl methyl sites for hydroxylation is 1. The molecule has 0 atom stereocenters. The van der Waals surface area contributed by atoms with Crippen molar-refractivity contribution in [1.82, 2.24) is 9.29 Å². The molecule has 0 spiro atoms. The fourth-order valence-corrected chi connectivity index (χ4v) is 5.93. The molecule has 1 aliphatic heterocycles. The van der Waals surface area contributed by atoms with Gasteiger partial charge in [0.2, 0.25) is 10.0 Å². The Labute approximate surface area is 184 Å². The van der Waals surface area contributed by atoms with Gasteiger partial charge in [-0.1, -0.05) is 17.4 Å². The van der Waals surface area contributed by atoms with E-state index >= 15 is 0 Å². The van der Waals surface area contributed by atoms with Crippen molar-refractivity contribution in [2.24, 2.45) is 0 Å². The van der Waals surface area contributed by atoms with Gasteiger partial charge in [-0.05, 0) is 55.7 Å². The normalized spacial score (nSPS) is 14.6. The maximum Gasteiger partial charge on any atom is 0.264 e. The van der Waals surface area contributed by atoms with Crippen LogP contribution in [0.1, 0.15) is 18.4 Å². The predicted molar refractivity (Wildman–Crippen MR) is 119 cm³/mol. The number of anilines is 1. The van der Waals surface area contributed by atoms with Gasteiger partial charge in [0.1, 0.15) is 0 Å². The minimum Gasteiger partial charge on any atom is -0.493 e. The first kappa shape index (κ1) is 21.5. The monoisotopic (exact) mass is 461 g/mol. The summed E-state index contributed by atoms with van der Waals surface area (Å²) in [4.78, 5) is 16.9. The molecular formula is C21H23N3O5S2. The summed E-state index contributed by atoms with van der Waals surface area (Å²) in [6.45, 7) is 2.84. The smallest absolute Gasteiger partial charge is 0.264 e. The third-order valence-corrected chi connectivity index (χ3v) is 7.82. The zero-order valence-electron chi connectivity index (χ0n) is 17.3. The fourth-order valence-electron chi connectivity index (χ4n) is 3.39. The molecule has 1 aliphatic rings. The van der Waals surface area contributed by atoms with Crippen LogP contribution in [0.5, 0.6) is 11.5 Å². The lowest BCUT2D eigenvalue weighted by molar-refractivity contribution is -0.118. The maximum absolute atomic E-state index is 12.8. The van der Waals surface area contributed by atoms with Crippen LogP contribution in [0.4, 0.5) is 5.13 Å². The summed E-state index contributed by atoms with van der Waals surface area (Å²) < 4.78 is 38.6. The minimum absolute atomic E-state index is 0.204. The molecular weight excluding hydrogens is 438 g/mol. The van der Waals surface area contributed by atoms with Crippen LogP contribution in [0.25, 0.3) is 10.2 Å². The van der Waals surface area contributed by atoms with Gasteiger partial charge in [0.05, 0.1) is 22.2 Å². The summed E-state index contributed by atoms with van der Waals surface area (Å²) in [5.74, 6) is 0.662. The Morgan fingerprint density at radius 1 is 1.16 bits per heavy atom. The van der Waals surface area contributed by atoms with Gasteiger partial charge in [-0.3, -0.25) is 10.1 Å². The van der Waals surface area contributed by atoms with Crippen LogP contribution in [0, 0.1) is 6.92 Å². The Morgan fingerprint density at radius 2 is 1.94 bits per heavy atom. The summed E-state index contributed by atoms with van der Waals surface area (Å²) >= 11 is 1.22. The van der Waals surface area contributed by atoms with Gasteiger partial charge in [0, 0.05) is 13.1 Å². The third kappa shape index (κ3) is 4.65. The molecule has 10 heteroatoms. The molecule has 0 aliphatic carbocycles. The molecule has 1 N–H and O–H groups in total. The van der Waals surface area contributed by atoms with E-state index in [4.69, 9.17) is 9.47 Å². The number of carbonyl (C=O) groups is 1. The van der Waals surface area contributed by atoms with Gasteiger partial charge >= 0.3 is 0 Å². The van der Waals surface area contributed by atoms with E-state index in [1.165, 1.54) is 15.6 Å². The van der Waals surface area contributed by atoms with Crippen LogP contribution in [-0.4, -0.2) is 50.4 Å². The molecule has 1 saturated heterocycles. The highest BCUT2D eigenvalue weighted by Gasteiger charge is 2.27. The molecule has 2 heterocycles. The number of methoxy groups -OCH3 is 1. The summed E-state index contributed by atoms with van der Waals surface area (Å²) in [5.41, 5.74) is 1.65. The van der Waals surface area contributed by atoms with Crippen LogP contribution >= 0.6 is 11.3 Å². The number of nitrogens with zero attached hydrogens (tertiary/aromatic N) is 2. The number of hydrogen-bond acceptors (Lipinski definition) is 7. The number of hydrogen-bond donors (Lipinski definition) is 1. The minimum atomic E-state index is -3.50. The van der Waals surface area contributed by atoms with E-state index in [2.05, 4.69) is 10.3 Å². The molecule has 4 rings (SSSR count). The highest BCUT2D eigenvalue weighted by atomic mass is 32.2. The third-order valence-electron chi connectivity index (χ3n) is 4.99. The van der Waals surface area contributed by atoms with Gasteiger partial charge in [0.15, 0.2) is 23.2 Å². The van der Waals surface area contributed by atoms with Gasteiger partial charge in [-0.15, -0.1) is 0 Å². The van der Waals surface area contributed by atoms with E-state index in [9.17, 15) is 13.2 Å². The van der Waals surface area contributed by atoms with Crippen molar-refractivity contribution in [3.63, 3.8) is 0 Å². The lowest BCUT2D eigenvalue weighted by atomic mass is 10.2. The molecule has 1 fully saturated rings. The SMILES string of the molecule is COc1cc(C)ccc1OCC(=O)Nc1nc2ccc(S(=O)(=O)N3CCCC3)cc2s1. The maximum atomic E-state index is 12.8. The molecule has 1 amide bonds. The Bertz CT molecular complexity index is 1220. The number of nitrogens with one attached hydrogen (secondary N) is 1. The topological polar surface area (TPSA) is 97.8 Å². The number of carbonyl (C=O) groups excluding carboxylic acids is 1. The number of benzene rings is 2. The van der Waals surface area contributed by atoms with Crippen molar-refractivity contribution in [3.05, 3.63) is 42.0 Å². The van der Waals surface area contributed by atoms with Gasteiger partial charge < -0.3 is 9.47 Å². The number of thiazole rings is 1. The van der Waals surface area contributed by atoms with E-state index in [0.29, 0.717) is 39.9 Å². The van der Waals surface area contributed by atoms with Crippen molar-refractivity contribution in [2.45, 2.75) is 24.7 Å². The average Bonchev–Trinajstić information content (AvgIpc) is 3.42. The largest absolute Gasteiger partial charge is 0.493 e. The zero-order valence-corrected chi connectivity index (χ0v) is 18.9. The lowest BCUT2D eigenvalue weighted by Gasteiger charge is -2.15. The summed E-state index contributed by atoms with van der Waals surface area (Å²) in [5, 5.41) is 3.09. The second kappa shape index (κ2) is 8.81. The molecule has 0 saturated carbocycles. The van der Waals surface area contributed by atoms with E-state index < -0.39 is 10.0 Å². The predicted octanol–water partition coefficient (Wildman–Crippen LogP) is 3.42. The molecule has 31 heavy (non-hydrogen) atoms. The summed E-state index contributed by atoms with van der Waals surface area (Å²) in [6, 6.07) is 10.3. The van der Waals surface area contributed by atoms with Crippen molar-refractivity contribution >= 4 is 42.6 Å². The first-order valence-electron chi connectivity index (χ1n) is 9.85. The number of ether oxygens (including phenoxy) is 2. The second-order valence-corrected chi connectivity index (χ2v) is 10.2. The molecule has 3 aromatic rings. The quantitative estimate of drug-likeness (QED) is 0.579. The van der Waals surface area contributed by atoms with E-state index in [0.717, 1.165) is 18.4 Å². The number of amides is 1. The van der Waals surface area contributed by atoms with E-state index in [1.54, 1.807) is 31.4 Å². The van der Waals surface area contributed by atoms with Crippen molar-refractivity contribution in [1.29, 1.82) is 0 Å². The first-order chi connectivity index (χ1) is 14.9. The molecule has 164 valence electrons. The molecule has 0 radical (unpaired) electrons. The van der Waals surface area contributed by atoms with Crippen molar-refractivity contribution in [3.8, 4) is 11.5 Å². The van der Waals surface area contributed by atoms with Crippen molar-refractivity contribution in [2.75, 3.05) is 32.1 Å². The van der Waals surface area contributed by atoms with Crippen LogP contribution < -0.4 is 14.8 Å². The highest BCUT2D eigenvalue weighted by molar-refractivity contribution is 7.89. The standard InChI is InChI=1S/C21H23N3O5S2/c1-14-5-8-17(18(11-14)28-2)29-13-20(25)23-21-22-16-7-6-15(12-19(16)30-21)31(26,27)24-9-3-4-10-24/h5-8,11-12H,3-4,9-10,13H2,1-2H3,(H,22,23,25). The highest BCUT2D eigenvalue weighted by Crippen LogP contribution is 2.31. The average molecular weight is 462 g/mol. The van der Waals surface area contributed by atoms with Crippen molar-refractivity contribution < 1.29 is 22.7 Å². The second-order valence-electron chi connectivity index (χ2n) is 7.25. The number of rotatable bonds is 7. The molecule has 1 aromatic heterocycles. The Kier molecular flexibility index (Phi) is 6.12. The van der Waals surface area contributed by atoms with Crippen LogP contribution in [0.3, 0.4) is 0 Å². The van der Waals surface area contributed by atoms with E-state index in [-0.39, 0.29) is 17.4 Å². The molecule has 8 nitrogen and oxygen atoms in total. The Balaban J connectivity index is 1.45. The first-order valence-corrected chi connectivity index (χ1v) is 12.1. The molecule has 0 bridgehead atoms. The summed E-state index contributed by atoms with van der Waals surface area (Å²) in [7, 11) is -1.96. The number of fused-ring (bicyclic) bond motifs is 1. The molecule has 2 aromatic carbocycles. The van der Waals surface area contributed by atoms with Crippen LogP contribution in [-0.2, 0) is 14.8 Å². The van der Waals surface area contributed by atoms with Gasteiger partial charge in [0.25, 0.3) is 5.91 Å². The van der Waals surface area contributed by atoms with Crippen LogP contribution in [0.15, 0.2) is 41.3 Å². The number of sulfonamides is 1. The van der Waals surface area contributed by atoms with E-state index in [1.807, 2.05) is 19.1 Å². The molecule has 0 unspecified atom stereocenters. The van der Waals surface area contributed by atoms with Gasteiger partial charge in [-0.2, -0.15) is 4.31 Å². The van der Waals surface area contributed by atoms with Gasteiger partial charge in [-0.25, -0.2) is 13.4 Å². The number of aromatic nitrogens is 1. The van der Waals surface area contributed by atoms with Crippen LogP contribution in [0.2, 0.25) is 0 Å². The lowest BCUT2D eigenvalue weighted by Crippen LogP contribution is -2.27. The summed E-state index contributed by atoms with van der Waals surface area (Å²) in [6.07, 6.45) is 1.77. The Hall–Kier alpha value is -2.69.